The predicted molar refractivity (Wildman–Crippen MR) is 70.9 cm³/mol. The van der Waals surface area contributed by atoms with Crippen molar-refractivity contribution < 1.29 is 0 Å². The smallest absolute Gasteiger partial charge is 0.0643 e. The Bertz CT molecular complexity index is 528. The fourth-order valence-electron chi connectivity index (χ4n) is 1.84. The Hall–Kier alpha value is -1.97. The van der Waals surface area contributed by atoms with Gasteiger partial charge < -0.3 is 11.1 Å². The molecule has 4 nitrogen and oxygen atoms in total. The molecule has 1 heterocycles. The van der Waals surface area contributed by atoms with Gasteiger partial charge >= 0.3 is 0 Å². The topological polar surface area (TPSA) is 55.9 Å². The second-order valence-electron chi connectivity index (χ2n) is 4.34. The number of rotatable bonds is 3. The summed E-state index contributed by atoms with van der Waals surface area (Å²) in [7, 11) is 1.93. The molecule has 0 amide bonds. The number of aromatic nitrogens is 2. The zero-order chi connectivity index (χ0) is 12.4. The van der Waals surface area contributed by atoms with Crippen LogP contribution in [-0.2, 0) is 13.6 Å². The van der Waals surface area contributed by atoms with Crippen LogP contribution in [-0.4, -0.2) is 9.78 Å². The van der Waals surface area contributed by atoms with Gasteiger partial charge in [0, 0.05) is 36.7 Å². The Balaban J connectivity index is 2.12. The molecule has 0 saturated carbocycles. The Labute approximate surface area is 101 Å². The molecule has 0 saturated heterocycles. The van der Waals surface area contributed by atoms with E-state index in [2.05, 4.69) is 17.3 Å². The highest BCUT2D eigenvalue weighted by Crippen LogP contribution is 2.19. The SMILES string of the molecule is Cc1ccc(N)cc1NCc1cn(C)nc1C. The summed E-state index contributed by atoms with van der Waals surface area (Å²) in [5.74, 6) is 0. The summed E-state index contributed by atoms with van der Waals surface area (Å²) in [5, 5.41) is 7.71. The number of nitrogens with zero attached hydrogens (tertiary/aromatic N) is 2. The fraction of sp³-hybridized carbons (Fsp3) is 0.308. The van der Waals surface area contributed by atoms with Gasteiger partial charge in [0.25, 0.3) is 0 Å². The van der Waals surface area contributed by atoms with Crippen molar-refractivity contribution >= 4 is 11.4 Å². The average Bonchev–Trinajstić information content (AvgIpc) is 2.59. The largest absolute Gasteiger partial charge is 0.399 e. The van der Waals surface area contributed by atoms with Crippen molar-refractivity contribution in [3.8, 4) is 0 Å². The maximum atomic E-state index is 5.77. The van der Waals surface area contributed by atoms with Gasteiger partial charge in [0.15, 0.2) is 0 Å². The number of benzene rings is 1. The first-order valence-corrected chi connectivity index (χ1v) is 5.65. The van der Waals surface area contributed by atoms with Crippen molar-refractivity contribution in [1.29, 1.82) is 0 Å². The molecule has 4 heteroatoms. The van der Waals surface area contributed by atoms with Crippen LogP contribution in [0.2, 0.25) is 0 Å². The van der Waals surface area contributed by atoms with Crippen molar-refractivity contribution in [2.75, 3.05) is 11.1 Å². The van der Waals surface area contributed by atoms with Crippen LogP contribution < -0.4 is 11.1 Å². The molecule has 90 valence electrons. The Morgan fingerprint density at radius 3 is 2.76 bits per heavy atom. The quantitative estimate of drug-likeness (QED) is 0.795. The number of nitrogens with two attached hydrogens (primary N) is 1. The zero-order valence-corrected chi connectivity index (χ0v) is 10.5. The maximum Gasteiger partial charge on any atom is 0.0643 e. The number of anilines is 2. The number of nitrogens with one attached hydrogen (secondary N) is 1. The van der Waals surface area contributed by atoms with Crippen LogP contribution in [0, 0.1) is 13.8 Å². The van der Waals surface area contributed by atoms with Crippen molar-refractivity contribution in [2.45, 2.75) is 20.4 Å². The lowest BCUT2D eigenvalue weighted by molar-refractivity contribution is 0.756. The number of hydrogen-bond acceptors (Lipinski definition) is 3. The van der Waals surface area contributed by atoms with E-state index < -0.39 is 0 Å². The van der Waals surface area contributed by atoms with Crippen LogP contribution in [0.3, 0.4) is 0 Å². The van der Waals surface area contributed by atoms with Crippen molar-refractivity contribution in [1.82, 2.24) is 9.78 Å². The summed E-state index contributed by atoms with van der Waals surface area (Å²) in [6.45, 7) is 4.85. The average molecular weight is 230 g/mol. The van der Waals surface area contributed by atoms with Gasteiger partial charge in [0.1, 0.15) is 0 Å². The molecular formula is C13H18N4. The second kappa shape index (κ2) is 4.49. The summed E-state index contributed by atoms with van der Waals surface area (Å²) in [4.78, 5) is 0. The molecule has 0 fully saturated rings. The van der Waals surface area contributed by atoms with Gasteiger partial charge in [-0.1, -0.05) is 6.07 Å². The molecule has 2 rings (SSSR count). The van der Waals surface area contributed by atoms with Gasteiger partial charge in [-0.2, -0.15) is 5.10 Å². The van der Waals surface area contributed by atoms with Gasteiger partial charge in [-0.15, -0.1) is 0 Å². The van der Waals surface area contributed by atoms with Crippen LogP contribution in [0.4, 0.5) is 11.4 Å². The lowest BCUT2D eigenvalue weighted by atomic mass is 10.1. The van der Waals surface area contributed by atoms with E-state index in [1.54, 1.807) is 0 Å². The van der Waals surface area contributed by atoms with Gasteiger partial charge in [0.2, 0.25) is 0 Å². The van der Waals surface area contributed by atoms with Gasteiger partial charge in [0.05, 0.1) is 5.69 Å². The zero-order valence-electron chi connectivity index (χ0n) is 10.5. The highest BCUT2D eigenvalue weighted by atomic mass is 15.2. The first kappa shape index (κ1) is 11.5. The minimum Gasteiger partial charge on any atom is -0.399 e. The second-order valence-corrected chi connectivity index (χ2v) is 4.34. The predicted octanol–water partition coefficient (Wildman–Crippen LogP) is 2.23. The highest BCUT2D eigenvalue weighted by Gasteiger charge is 2.04. The molecule has 0 spiro atoms. The summed E-state index contributed by atoms with van der Waals surface area (Å²) in [6, 6.07) is 5.89. The summed E-state index contributed by atoms with van der Waals surface area (Å²) in [6.07, 6.45) is 2.03. The molecule has 17 heavy (non-hydrogen) atoms. The molecule has 2 aromatic rings. The minimum atomic E-state index is 0.768. The van der Waals surface area contributed by atoms with Crippen molar-refractivity contribution in [2.24, 2.45) is 7.05 Å². The minimum absolute atomic E-state index is 0.768. The number of aryl methyl sites for hydroxylation is 3. The summed E-state index contributed by atoms with van der Waals surface area (Å²) >= 11 is 0. The number of nitrogen functional groups attached to an aromatic ring is 1. The standard InChI is InChI=1S/C13H18N4/c1-9-4-5-12(14)6-13(9)15-7-11-8-17(3)16-10(11)2/h4-6,8,15H,7,14H2,1-3H3. The van der Waals surface area contributed by atoms with E-state index in [4.69, 9.17) is 5.73 Å². The first-order chi connectivity index (χ1) is 8.06. The maximum absolute atomic E-state index is 5.77. The molecule has 0 aliphatic rings. The van der Waals surface area contributed by atoms with Gasteiger partial charge in [-0.3, -0.25) is 4.68 Å². The third-order valence-corrected chi connectivity index (χ3v) is 2.85. The molecular weight excluding hydrogens is 212 g/mol. The van der Waals surface area contributed by atoms with Crippen LogP contribution in [0.1, 0.15) is 16.8 Å². The molecule has 0 unspecified atom stereocenters. The molecule has 1 aromatic heterocycles. The lowest BCUT2D eigenvalue weighted by Gasteiger charge is -2.09. The Morgan fingerprint density at radius 2 is 2.12 bits per heavy atom. The van der Waals surface area contributed by atoms with E-state index in [0.717, 1.165) is 23.6 Å². The van der Waals surface area contributed by atoms with Gasteiger partial charge in [-0.25, -0.2) is 0 Å². The highest BCUT2D eigenvalue weighted by molar-refractivity contribution is 5.59. The van der Waals surface area contributed by atoms with E-state index in [1.807, 2.05) is 43.0 Å². The molecule has 0 radical (unpaired) electrons. The summed E-state index contributed by atoms with van der Waals surface area (Å²) < 4.78 is 1.83. The van der Waals surface area contributed by atoms with Crippen LogP contribution in [0.25, 0.3) is 0 Å². The Kier molecular flexibility index (Phi) is 3.04. The third-order valence-electron chi connectivity index (χ3n) is 2.85. The van der Waals surface area contributed by atoms with E-state index >= 15 is 0 Å². The van der Waals surface area contributed by atoms with Crippen LogP contribution in [0.5, 0.6) is 0 Å². The lowest BCUT2D eigenvalue weighted by Crippen LogP contribution is -2.02. The van der Waals surface area contributed by atoms with Crippen LogP contribution >= 0.6 is 0 Å². The van der Waals surface area contributed by atoms with Gasteiger partial charge in [-0.05, 0) is 31.5 Å². The third kappa shape index (κ3) is 2.58. The normalized spacial score (nSPS) is 10.5. The molecule has 0 aliphatic heterocycles. The van der Waals surface area contributed by atoms with E-state index in [0.29, 0.717) is 0 Å². The van der Waals surface area contributed by atoms with E-state index in [1.165, 1.54) is 11.1 Å². The van der Waals surface area contributed by atoms with Crippen molar-refractivity contribution in [3.63, 3.8) is 0 Å². The van der Waals surface area contributed by atoms with Crippen LogP contribution in [0.15, 0.2) is 24.4 Å². The van der Waals surface area contributed by atoms with Crippen molar-refractivity contribution in [3.05, 3.63) is 41.2 Å². The molecule has 0 bridgehead atoms. The molecule has 0 atom stereocenters. The molecule has 1 aromatic carbocycles. The Morgan fingerprint density at radius 1 is 1.35 bits per heavy atom. The summed E-state index contributed by atoms with van der Waals surface area (Å²) in [5.41, 5.74) is 11.1. The molecule has 3 N–H and O–H groups in total. The first-order valence-electron chi connectivity index (χ1n) is 5.65. The molecule has 0 aliphatic carbocycles. The van der Waals surface area contributed by atoms with E-state index in [9.17, 15) is 0 Å². The number of hydrogen-bond donors (Lipinski definition) is 2. The van der Waals surface area contributed by atoms with E-state index in [-0.39, 0.29) is 0 Å². The monoisotopic (exact) mass is 230 g/mol. The fourth-order valence-corrected chi connectivity index (χ4v) is 1.84.